The average Bonchev–Trinajstić information content (AvgIpc) is 2.51. The van der Waals surface area contributed by atoms with E-state index in [4.69, 9.17) is 9.11 Å². The highest BCUT2D eigenvalue weighted by molar-refractivity contribution is 7.86. The van der Waals surface area contributed by atoms with Gasteiger partial charge in [0.1, 0.15) is 4.90 Å². The van der Waals surface area contributed by atoms with Gasteiger partial charge in [0.15, 0.2) is 0 Å². The first-order valence-electron chi connectivity index (χ1n) is 7.92. The first-order chi connectivity index (χ1) is 12.4. The molecule has 0 spiro atoms. The Hall–Kier alpha value is -2.26. The fourth-order valence-corrected chi connectivity index (χ4v) is 4.64. The summed E-state index contributed by atoms with van der Waals surface area (Å²) in [6.07, 6.45) is 0. The Morgan fingerprint density at radius 1 is 0.704 bits per heavy atom. The van der Waals surface area contributed by atoms with E-state index in [0.717, 1.165) is 10.9 Å². The lowest BCUT2D eigenvalue weighted by molar-refractivity contribution is 0.480. The fourth-order valence-electron chi connectivity index (χ4n) is 2.99. The summed E-state index contributed by atoms with van der Waals surface area (Å²) in [5.41, 5.74) is 2.16. The van der Waals surface area contributed by atoms with Gasteiger partial charge in [-0.2, -0.15) is 16.8 Å². The Kier molecular flexibility index (Phi) is 6.06. The van der Waals surface area contributed by atoms with Gasteiger partial charge in [0.25, 0.3) is 20.2 Å². The third kappa shape index (κ3) is 5.14. The Bertz CT molecular complexity index is 1170. The van der Waals surface area contributed by atoms with Crippen molar-refractivity contribution in [1.29, 1.82) is 0 Å². The molecule has 0 amide bonds. The molecule has 0 aliphatic heterocycles. The molecular formula is C19H20O6S2. The molecule has 0 radical (unpaired) electrons. The Labute approximate surface area is 159 Å². The normalized spacial score (nSPS) is 11.7. The Balaban J connectivity index is 0.000000194. The minimum Gasteiger partial charge on any atom is -0.282 e. The highest BCUT2D eigenvalue weighted by atomic mass is 32.2. The maximum absolute atomic E-state index is 11.0. The topological polar surface area (TPSA) is 109 Å². The number of hydrogen-bond acceptors (Lipinski definition) is 4. The van der Waals surface area contributed by atoms with Crippen LogP contribution >= 0.6 is 0 Å². The summed E-state index contributed by atoms with van der Waals surface area (Å²) in [4.78, 5) is -0.0197. The van der Waals surface area contributed by atoms with Crippen molar-refractivity contribution < 1.29 is 25.9 Å². The van der Waals surface area contributed by atoms with Gasteiger partial charge in [0.2, 0.25) is 0 Å². The van der Waals surface area contributed by atoms with Crippen LogP contribution in [0.15, 0.2) is 64.4 Å². The van der Waals surface area contributed by atoms with Crippen LogP contribution in [0.2, 0.25) is 0 Å². The SMILES string of the molecule is Cc1cc(C)c(S(=O)(=O)O)c(C)c1.O=S(=O)(O)c1cccc2ccccc12. The lowest BCUT2D eigenvalue weighted by Crippen LogP contribution is -2.04. The standard InChI is InChI=1S/C10H8O3S.C9H12O3S/c11-14(12,13)10-7-3-5-8-4-1-2-6-9(8)10;1-6-4-7(2)9(8(3)5-6)13(10,11)12/h1-7H,(H,11,12,13);4-5H,1-3H3,(H,10,11,12). The monoisotopic (exact) mass is 408 g/mol. The quantitative estimate of drug-likeness (QED) is 0.622. The van der Waals surface area contributed by atoms with Crippen molar-refractivity contribution in [3.05, 3.63) is 71.3 Å². The van der Waals surface area contributed by atoms with Gasteiger partial charge in [-0.25, -0.2) is 0 Å². The van der Waals surface area contributed by atoms with Gasteiger partial charge in [0, 0.05) is 5.39 Å². The zero-order valence-corrected chi connectivity index (χ0v) is 16.7. The van der Waals surface area contributed by atoms with Gasteiger partial charge < -0.3 is 0 Å². The molecule has 0 bridgehead atoms. The van der Waals surface area contributed by atoms with Gasteiger partial charge in [-0.05, 0) is 43.4 Å². The molecule has 0 unspecified atom stereocenters. The van der Waals surface area contributed by atoms with Gasteiger partial charge >= 0.3 is 0 Å². The maximum Gasteiger partial charge on any atom is 0.295 e. The average molecular weight is 408 g/mol. The van der Waals surface area contributed by atoms with Crippen LogP contribution in [0.25, 0.3) is 10.8 Å². The van der Waals surface area contributed by atoms with E-state index in [9.17, 15) is 16.8 Å². The molecule has 0 aliphatic rings. The third-order valence-corrected chi connectivity index (χ3v) is 5.96. The van der Waals surface area contributed by atoms with E-state index < -0.39 is 20.2 Å². The third-order valence-electron chi connectivity index (χ3n) is 3.89. The molecule has 0 saturated heterocycles. The van der Waals surface area contributed by atoms with E-state index in [1.165, 1.54) is 6.07 Å². The second-order valence-electron chi connectivity index (χ2n) is 6.16. The number of hydrogen-bond donors (Lipinski definition) is 2. The Morgan fingerprint density at radius 2 is 1.22 bits per heavy atom. The molecule has 0 atom stereocenters. The van der Waals surface area contributed by atoms with Gasteiger partial charge in [-0.3, -0.25) is 9.11 Å². The van der Waals surface area contributed by atoms with E-state index in [0.29, 0.717) is 16.5 Å². The van der Waals surface area contributed by atoms with E-state index in [-0.39, 0.29) is 9.79 Å². The molecule has 2 N–H and O–H groups in total. The molecule has 27 heavy (non-hydrogen) atoms. The minimum atomic E-state index is -4.13. The largest absolute Gasteiger partial charge is 0.295 e. The highest BCUT2D eigenvalue weighted by Gasteiger charge is 2.16. The molecule has 8 heteroatoms. The van der Waals surface area contributed by atoms with Crippen molar-refractivity contribution in [3.8, 4) is 0 Å². The zero-order chi connectivity index (χ0) is 20.4. The van der Waals surface area contributed by atoms with Gasteiger partial charge in [-0.1, -0.05) is 54.1 Å². The molecule has 3 aromatic carbocycles. The molecule has 3 aromatic rings. The number of fused-ring (bicyclic) bond motifs is 1. The van der Waals surface area contributed by atoms with E-state index >= 15 is 0 Å². The van der Waals surface area contributed by atoms with Crippen molar-refractivity contribution in [2.45, 2.75) is 30.6 Å². The molecule has 0 heterocycles. The number of rotatable bonds is 2. The van der Waals surface area contributed by atoms with Crippen LogP contribution in [-0.4, -0.2) is 25.9 Å². The highest BCUT2D eigenvalue weighted by Crippen LogP contribution is 2.22. The molecule has 0 aliphatic carbocycles. The zero-order valence-electron chi connectivity index (χ0n) is 15.0. The van der Waals surface area contributed by atoms with Crippen molar-refractivity contribution in [3.63, 3.8) is 0 Å². The van der Waals surface area contributed by atoms with Crippen molar-refractivity contribution in [2.24, 2.45) is 0 Å². The number of benzene rings is 3. The second kappa shape index (κ2) is 7.77. The predicted molar refractivity (Wildman–Crippen MR) is 104 cm³/mol. The van der Waals surface area contributed by atoms with Crippen LogP contribution in [0.5, 0.6) is 0 Å². The van der Waals surface area contributed by atoms with Crippen LogP contribution < -0.4 is 0 Å². The van der Waals surface area contributed by atoms with Crippen LogP contribution in [0, 0.1) is 20.8 Å². The molecule has 0 fully saturated rings. The summed E-state index contributed by atoms with van der Waals surface area (Å²) in [6.45, 7) is 5.22. The van der Waals surface area contributed by atoms with Crippen LogP contribution in [0.1, 0.15) is 16.7 Å². The summed E-state index contributed by atoms with van der Waals surface area (Å²) < 4.78 is 61.8. The lowest BCUT2D eigenvalue weighted by atomic mass is 10.1. The number of aryl methyl sites for hydroxylation is 3. The van der Waals surface area contributed by atoms with E-state index in [1.54, 1.807) is 56.3 Å². The molecular weight excluding hydrogens is 388 g/mol. The first kappa shape index (κ1) is 21.0. The molecule has 6 nitrogen and oxygen atoms in total. The fraction of sp³-hybridized carbons (Fsp3) is 0.158. The van der Waals surface area contributed by atoms with Crippen LogP contribution in [-0.2, 0) is 20.2 Å². The van der Waals surface area contributed by atoms with Crippen molar-refractivity contribution >= 4 is 31.0 Å². The molecule has 144 valence electrons. The summed E-state index contributed by atoms with van der Waals surface area (Å²) >= 11 is 0. The minimum absolute atomic E-state index is 0.0260. The van der Waals surface area contributed by atoms with Gasteiger partial charge in [-0.15, -0.1) is 0 Å². The summed E-state index contributed by atoms with van der Waals surface area (Å²) in [5.74, 6) is 0. The molecule has 0 aromatic heterocycles. The van der Waals surface area contributed by atoms with E-state index in [2.05, 4.69) is 0 Å². The van der Waals surface area contributed by atoms with Crippen molar-refractivity contribution in [1.82, 2.24) is 0 Å². The summed E-state index contributed by atoms with van der Waals surface area (Å²) in [5, 5.41) is 1.33. The molecule has 0 saturated carbocycles. The van der Waals surface area contributed by atoms with Crippen LogP contribution in [0.4, 0.5) is 0 Å². The van der Waals surface area contributed by atoms with Gasteiger partial charge in [0.05, 0.1) is 4.90 Å². The van der Waals surface area contributed by atoms with Crippen molar-refractivity contribution in [2.75, 3.05) is 0 Å². The first-order valence-corrected chi connectivity index (χ1v) is 10.8. The smallest absolute Gasteiger partial charge is 0.282 e. The Morgan fingerprint density at radius 3 is 1.74 bits per heavy atom. The summed E-state index contributed by atoms with van der Waals surface area (Å²) in [7, 11) is -8.21. The summed E-state index contributed by atoms with van der Waals surface area (Å²) in [6, 6.07) is 15.3. The predicted octanol–water partition coefficient (Wildman–Crippen LogP) is 3.95. The second-order valence-corrected chi connectivity index (χ2v) is 8.90. The molecule has 3 rings (SSSR count). The maximum atomic E-state index is 11.0. The van der Waals surface area contributed by atoms with Crippen LogP contribution in [0.3, 0.4) is 0 Å². The lowest BCUT2D eigenvalue weighted by Gasteiger charge is -2.07. The van der Waals surface area contributed by atoms with E-state index in [1.807, 2.05) is 13.0 Å².